The van der Waals surface area contributed by atoms with Crippen LogP contribution in [0, 0.1) is 5.92 Å². The van der Waals surface area contributed by atoms with Crippen LogP contribution in [0.2, 0.25) is 0 Å². The number of hydrogen-bond acceptors (Lipinski definition) is 4. The highest BCUT2D eigenvalue weighted by Gasteiger charge is 2.43. The number of anilines is 1. The molecule has 1 aromatic rings. The van der Waals surface area contributed by atoms with Gasteiger partial charge in [0.15, 0.2) is 0 Å². The molecule has 2 aliphatic rings. The standard InChI is InChI=1S/C20H29N3O4S/c1-14-7-6-10-23(12-14)18(24)13-21(4)28(26,27)15-8-9-17-16(11-15)20(2,3)19(25)22(17)5/h8-9,11,14H,6-7,10,12-13H2,1-5H3/t14-/m1/s1. The van der Waals surface area contributed by atoms with Crippen molar-refractivity contribution in [2.45, 2.75) is 43.9 Å². The fraction of sp³-hybridized carbons (Fsp3) is 0.600. The van der Waals surface area contributed by atoms with Crippen LogP contribution in [0.15, 0.2) is 23.1 Å². The van der Waals surface area contributed by atoms with Crippen molar-refractivity contribution in [1.29, 1.82) is 0 Å². The lowest BCUT2D eigenvalue weighted by Gasteiger charge is -2.32. The first-order valence-corrected chi connectivity index (χ1v) is 11.1. The first-order chi connectivity index (χ1) is 13.0. The minimum absolute atomic E-state index is 0.0696. The van der Waals surface area contributed by atoms with E-state index in [-0.39, 0.29) is 23.3 Å². The number of likely N-dealkylation sites (tertiary alicyclic amines) is 1. The molecule has 8 heteroatoms. The molecule has 0 unspecified atom stereocenters. The maximum absolute atomic E-state index is 13.0. The maximum Gasteiger partial charge on any atom is 0.243 e. The van der Waals surface area contributed by atoms with E-state index < -0.39 is 15.4 Å². The van der Waals surface area contributed by atoms with Crippen molar-refractivity contribution < 1.29 is 18.0 Å². The van der Waals surface area contributed by atoms with Crippen LogP contribution in [0.5, 0.6) is 0 Å². The van der Waals surface area contributed by atoms with Gasteiger partial charge in [0.05, 0.1) is 16.9 Å². The van der Waals surface area contributed by atoms with Crippen molar-refractivity contribution in [1.82, 2.24) is 9.21 Å². The Balaban J connectivity index is 1.82. The second-order valence-electron chi connectivity index (χ2n) is 8.52. The Bertz CT molecular complexity index is 910. The molecule has 2 amide bonds. The van der Waals surface area contributed by atoms with Gasteiger partial charge >= 0.3 is 0 Å². The van der Waals surface area contributed by atoms with Gasteiger partial charge in [0.1, 0.15) is 0 Å². The predicted octanol–water partition coefficient (Wildman–Crippen LogP) is 1.82. The lowest BCUT2D eigenvalue weighted by atomic mass is 9.86. The first-order valence-electron chi connectivity index (χ1n) is 9.63. The Morgan fingerprint density at radius 2 is 2.00 bits per heavy atom. The van der Waals surface area contributed by atoms with Crippen LogP contribution < -0.4 is 4.90 Å². The molecule has 2 heterocycles. The summed E-state index contributed by atoms with van der Waals surface area (Å²) >= 11 is 0. The Labute approximate surface area is 167 Å². The van der Waals surface area contributed by atoms with Crippen LogP contribution in [-0.2, 0) is 25.0 Å². The van der Waals surface area contributed by atoms with E-state index in [9.17, 15) is 18.0 Å². The lowest BCUT2D eigenvalue weighted by molar-refractivity contribution is -0.132. The molecule has 0 saturated carbocycles. The molecule has 2 aliphatic heterocycles. The second-order valence-corrected chi connectivity index (χ2v) is 10.6. The second kappa shape index (κ2) is 7.15. The number of rotatable bonds is 4. The van der Waals surface area contributed by atoms with Crippen molar-refractivity contribution in [2.75, 3.05) is 38.6 Å². The van der Waals surface area contributed by atoms with Gasteiger partial charge < -0.3 is 9.80 Å². The average molecular weight is 408 g/mol. The number of sulfonamides is 1. The summed E-state index contributed by atoms with van der Waals surface area (Å²) in [6.45, 7) is 6.85. The quantitative estimate of drug-likeness (QED) is 0.763. The molecule has 0 aromatic heterocycles. The number of carbonyl (C=O) groups is 2. The van der Waals surface area contributed by atoms with Crippen molar-refractivity contribution in [3.8, 4) is 0 Å². The van der Waals surface area contributed by atoms with Crippen molar-refractivity contribution in [2.24, 2.45) is 5.92 Å². The summed E-state index contributed by atoms with van der Waals surface area (Å²) in [5, 5.41) is 0. The fourth-order valence-corrected chi connectivity index (χ4v) is 5.23. The van der Waals surface area contributed by atoms with Crippen LogP contribution >= 0.6 is 0 Å². The number of carbonyl (C=O) groups excluding carboxylic acids is 2. The monoisotopic (exact) mass is 407 g/mol. The molecule has 0 radical (unpaired) electrons. The van der Waals surface area contributed by atoms with Crippen LogP contribution in [-0.4, -0.2) is 63.2 Å². The molecule has 0 N–H and O–H groups in total. The van der Waals surface area contributed by atoms with E-state index in [1.807, 2.05) is 0 Å². The zero-order chi connectivity index (χ0) is 20.9. The number of hydrogen-bond donors (Lipinski definition) is 0. The number of amides is 2. The predicted molar refractivity (Wildman–Crippen MR) is 108 cm³/mol. The van der Waals surface area contributed by atoms with Crippen LogP contribution in [0.25, 0.3) is 0 Å². The molecule has 1 fully saturated rings. The zero-order valence-corrected chi connectivity index (χ0v) is 18.0. The van der Waals surface area contributed by atoms with Gasteiger partial charge in [-0.2, -0.15) is 4.31 Å². The Kier molecular flexibility index (Phi) is 5.31. The third kappa shape index (κ3) is 3.43. The highest BCUT2D eigenvalue weighted by molar-refractivity contribution is 7.89. The highest BCUT2D eigenvalue weighted by atomic mass is 32.2. The van der Waals surface area contributed by atoms with E-state index in [0.717, 1.165) is 22.8 Å². The Morgan fingerprint density at radius 3 is 2.64 bits per heavy atom. The van der Waals surface area contributed by atoms with Crippen LogP contribution in [0.3, 0.4) is 0 Å². The molecule has 1 saturated heterocycles. The highest BCUT2D eigenvalue weighted by Crippen LogP contribution is 2.41. The van der Waals surface area contributed by atoms with Gasteiger partial charge in [0, 0.05) is 32.9 Å². The number of benzene rings is 1. The van der Waals surface area contributed by atoms with Gasteiger partial charge in [-0.15, -0.1) is 0 Å². The zero-order valence-electron chi connectivity index (χ0n) is 17.2. The van der Waals surface area contributed by atoms with Crippen molar-refractivity contribution in [3.05, 3.63) is 23.8 Å². The molecule has 1 atom stereocenters. The van der Waals surface area contributed by atoms with Crippen molar-refractivity contribution in [3.63, 3.8) is 0 Å². The summed E-state index contributed by atoms with van der Waals surface area (Å²) < 4.78 is 27.2. The first kappa shape index (κ1) is 20.8. The van der Waals surface area contributed by atoms with Gasteiger partial charge in [0.2, 0.25) is 21.8 Å². The molecule has 7 nitrogen and oxygen atoms in total. The van der Waals surface area contributed by atoms with Crippen LogP contribution in [0.4, 0.5) is 5.69 Å². The van der Waals surface area contributed by atoms with Gasteiger partial charge in [-0.05, 0) is 56.4 Å². The van der Waals surface area contributed by atoms with E-state index in [1.54, 1.807) is 42.8 Å². The molecule has 0 aliphatic carbocycles. The summed E-state index contributed by atoms with van der Waals surface area (Å²) in [5.74, 6) is 0.196. The van der Waals surface area contributed by atoms with Gasteiger partial charge in [-0.3, -0.25) is 9.59 Å². The van der Waals surface area contributed by atoms with E-state index >= 15 is 0 Å². The molecule has 3 rings (SSSR count). The lowest BCUT2D eigenvalue weighted by Crippen LogP contribution is -2.45. The summed E-state index contributed by atoms with van der Waals surface area (Å²) in [6, 6.07) is 4.73. The molecule has 154 valence electrons. The molecular formula is C20H29N3O4S. The third-order valence-corrected chi connectivity index (χ3v) is 7.72. The topological polar surface area (TPSA) is 78.0 Å². The van der Waals surface area contributed by atoms with Gasteiger partial charge in [-0.1, -0.05) is 6.92 Å². The average Bonchev–Trinajstić information content (AvgIpc) is 2.82. The molecule has 0 bridgehead atoms. The SMILES string of the molecule is C[C@@H]1CCCN(C(=O)CN(C)S(=O)(=O)c2ccc3c(c2)C(C)(C)C(=O)N3C)C1. The van der Waals surface area contributed by atoms with Gasteiger partial charge in [0.25, 0.3) is 0 Å². The molecular weight excluding hydrogens is 378 g/mol. The van der Waals surface area contributed by atoms with Gasteiger partial charge in [-0.25, -0.2) is 8.42 Å². The number of likely N-dealkylation sites (N-methyl/N-ethyl adjacent to an activating group) is 2. The largest absolute Gasteiger partial charge is 0.341 e. The summed E-state index contributed by atoms with van der Waals surface area (Å²) in [4.78, 5) is 28.4. The van der Waals surface area contributed by atoms with E-state index in [4.69, 9.17) is 0 Å². The fourth-order valence-electron chi connectivity index (χ4n) is 4.08. The van der Waals surface area contributed by atoms with Crippen LogP contribution in [0.1, 0.15) is 39.2 Å². The maximum atomic E-state index is 13.0. The molecule has 28 heavy (non-hydrogen) atoms. The normalized spacial score (nSPS) is 21.9. The summed E-state index contributed by atoms with van der Waals surface area (Å²) in [7, 11) is -0.721. The number of nitrogens with zero attached hydrogens (tertiary/aromatic N) is 3. The van der Waals surface area contributed by atoms with Crippen molar-refractivity contribution >= 4 is 27.5 Å². The minimum Gasteiger partial charge on any atom is -0.341 e. The Morgan fingerprint density at radius 1 is 1.32 bits per heavy atom. The van der Waals surface area contributed by atoms with E-state index in [2.05, 4.69) is 6.92 Å². The Hall–Kier alpha value is -1.93. The summed E-state index contributed by atoms with van der Waals surface area (Å²) in [5.41, 5.74) is 0.620. The number of piperidine rings is 1. The number of fused-ring (bicyclic) bond motifs is 1. The molecule has 0 spiro atoms. The molecule has 1 aromatic carbocycles. The third-order valence-electron chi connectivity index (χ3n) is 5.92. The van der Waals surface area contributed by atoms with E-state index in [1.165, 1.54) is 13.1 Å². The smallest absolute Gasteiger partial charge is 0.243 e. The van der Waals surface area contributed by atoms with E-state index in [0.29, 0.717) is 24.6 Å². The summed E-state index contributed by atoms with van der Waals surface area (Å²) in [6.07, 6.45) is 2.04. The minimum atomic E-state index is -3.84.